The number of hydrogen-bond acceptors (Lipinski definition) is 3. The Hall–Kier alpha value is -0.120. The van der Waals surface area contributed by atoms with E-state index >= 15 is 0 Å². The van der Waals surface area contributed by atoms with Crippen LogP contribution in [0, 0.1) is 5.41 Å². The first-order chi connectivity index (χ1) is 10.5. The number of likely N-dealkylation sites (tertiary alicyclic amines) is 3. The van der Waals surface area contributed by atoms with E-state index in [-0.39, 0.29) is 0 Å². The quantitative estimate of drug-likeness (QED) is 0.794. The van der Waals surface area contributed by atoms with Crippen LogP contribution in [0.2, 0.25) is 0 Å². The Kier molecular flexibility index (Phi) is 3.82. The molecule has 2 atom stereocenters. The number of nitrogens with zero attached hydrogens (tertiary/aromatic N) is 3. The summed E-state index contributed by atoms with van der Waals surface area (Å²) in [6.07, 6.45) is 7.37. The average molecular weight is 306 g/mol. The van der Waals surface area contributed by atoms with E-state index in [0.717, 1.165) is 35.6 Å². The van der Waals surface area contributed by atoms with E-state index in [1.54, 1.807) is 0 Å². The lowest BCUT2D eigenvalue weighted by atomic mass is 9.59. The molecule has 2 bridgehead atoms. The highest BCUT2D eigenvalue weighted by atomic mass is 15.4. The second-order valence-electron chi connectivity index (χ2n) is 9.22. The molecule has 0 amide bonds. The maximum Gasteiger partial charge on any atom is 0.0242 e. The molecule has 3 saturated heterocycles. The van der Waals surface area contributed by atoms with Crippen LogP contribution in [0.4, 0.5) is 0 Å². The molecule has 22 heavy (non-hydrogen) atoms. The van der Waals surface area contributed by atoms with Crippen LogP contribution in [0.3, 0.4) is 0 Å². The van der Waals surface area contributed by atoms with Crippen molar-refractivity contribution in [1.82, 2.24) is 14.7 Å². The van der Waals surface area contributed by atoms with E-state index in [2.05, 4.69) is 42.4 Å². The van der Waals surface area contributed by atoms with Crippen molar-refractivity contribution in [3.63, 3.8) is 0 Å². The van der Waals surface area contributed by atoms with Crippen LogP contribution in [-0.4, -0.2) is 71.1 Å². The van der Waals surface area contributed by atoms with Crippen molar-refractivity contribution in [3.05, 3.63) is 0 Å². The second-order valence-corrected chi connectivity index (χ2v) is 9.22. The zero-order chi connectivity index (χ0) is 15.5. The molecule has 0 radical (unpaired) electrons. The predicted octanol–water partition coefficient (Wildman–Crippen LogP) is 2.81. The number of hydrogen-bond donors (Lipinski definition) is 0. The fraction of sp³-hybridized carbons (Fsp3) is 1.00. The number of piperazine rings is 1. The van der Waals surface area contributed by atoms with E-state index < -0.39 is 0 Å². The normalized spacial score (nSPS) is 36.8. The molecule has 1 aliphatic carbocycles. The van der Waals surface area contributed by atoms with Gasteiger partial charge < -0.3 is 4.90 Å². The Morgan fingerprint density at radius 3 is 2.00 bits per heavy atom. The molecule has 3 nitrogen and oxygen atoms in total. The van der Waals surface area contributed by atoms with E-state index in [1.807, 2.05) is 0 Å². The third kappa shape index (κ3) is 2.44. The maximum absolute atomic E-state index is 2.91. The summed E-state index contributed by atoms with van der Waals surface area (Å²) in [6, 6.07) is 4.15. The van der Waals surface area contributed by atoms with Gasteiger partial charge >= 0.3 is 0 Å². The SMILES string of the molecule is CC(C)N1CCC2(CC1)CC(N1CC3CC1CN3C(C)C)C2. The van der Waals surface area contributed by atoms with E-state index in [0.29, 0.717) is 0 Å². The molecular formula is C19H35N3. The molecule has 3 heterocycles. The van der Waals surface area contributed by atoms with Crippen molar-refractivity contribution < 1.29 is 0 Å². The van der Waals surface area contributed by atoms with Crippen LogP contribution >= 0.6 is 0 Å². The van der Waals surface area contributed by atoms with Gasteiger partial charge in [-0.25, -0.2) is 0 Å². The molecule has 0 N–H and O–H groups in total. The summed E-state index contributed by atoms with van der Waals surface area (Å²) in [6.45, 7) is 14.8. The second kappa shape index (κ2) is 5.46. The van der Waals surface area contributed by atoms with Gasteiger partial charge in [-0.05, 0) is 78.3 Å². The molecule has 3 aliphatic heterocycles. The summed E-state index contributed by atoms with van der Waals surface area (Å²) in [5.41, 5.74) is 0.732. The molecule has 4 aliphatic rings. The predicted molar refractivity (Wildman–Crippen MR) is 92.1 cm³/mol. The van der Waals surface area contributed by atoms with E-state index in [1.165, 1.54) is 58.3 Å². The monoisotopic (exact) mass is 305 g/mol. The van der Waals surface area contributed by atoms with Gasteiger partial charge in [-0.1, -0.05) is 0 Å². The summed E-state index contributed by atoms with van der Waals surface area (Å²) in [4.78, 5) is 8.33. The van der Waals surface area contributed by atoms with E-state index in [9.17, 15) is 0 Å². The van der Waals surface area contributed by atoms with Gasteiger partial charge in [0.1, 0.15) is 0 Å². The van der Waals surface area contributed by atoms with Crippen LogP contribution in [-0.2, 0) is 0 Å². The number of rotatable bonds is 3. The minimum Gasteiger partial charge on any atom is -0.301 e. The van der Waals surface area contributed by atoms with Gasteiger partial charge in [0.05, 0.1) is 0 Å². The summed E-state index contributed by atoms with van der Waals surface area (Å²) in [7, 11) is 0. The van der Waals surface area contributed by atoms with Gasteiger partial charge in [-0.2, -0.15) is 0 Å². The van der Waals surface area contributed by atoms with Gasteiger partial charge in [0.2, 0.25) is 0 Å². The van der Waals surface area contributed by atoms with Crippen LogP contribution < -0.4 is 0 Å². The standard InChI is InChI=1S/C19H35N3/c1-14(2)20-7-5-19(6-8-20)10-18(11-19)22-13-16-9-17(22)12-21(16)15(3)4/h14-18H,5-13H2,1-4H3. The highest BCUT2D eigenvalue weighted by Crippen LogP contribution is 2.53. The van der Waals surface area contributed by atoms with Crippen LogP contribution in [0.5, 0.6) is 0 Å². The van der Waals surface area contributed by atoms with Crippen LogP contribution in [0.15, 0.2) is 0 Å². The lowest BCUT2D eigenvalue weighted by molar-refractivity contribution is -0.0636. The Bertz CT molecular complexity index is 403. The summed E-state index contributed by atoms with van der Waals surface area (Å²) >= 11 is 0. The number of piperidine rings is 1. The van der Waals surface area contributed by atoms with Crippen molar-refractivity contribution in [2.75, 3.05) is 26.2 Å². The Morgan fingerprint density at radius 1 is 0.818 bits per heavy atom. The molecule has 0 aromatic carbocycles. The fourth-order valence-electron chi connectivity index (χ4n) is 5.91. The molecule has 1 spiro atoms. The minimum absolute atomic E-state index is 0.732. The Morgan fingerprint density at radius 2 is 1.50 bits per heavy atom. The topological polar surface area (TPSA) is 9.72 Å². The highest BCUT2D eigenvalue weighted by molar-refractivity contribution is 5.08. The highest BCUT2D eigenvalue weighted by Gasteiger charge is 2.53. The zero-order valence-corrected chi connectivity index (χ0v) is 15.1. The molecule has 3 heteroatoms. The van der Waals surface area contributed by atoms with Crippen molar-refractivity contribution >= 4 is 0 Å². The molecule has 0 aromatic rings. The largest absolute Gasteiger partial charge is 0.301 e. The molecule has 1 saturated carbocycles. The summed E-state index contributed by atoms with van der Waals surface area (Å²) < 4.78 is 0. The molecule has 2 unspecified atom stereocenters. The first-order valence-corrected chi connectivity index (χ1v) is 9.73. The van der Waals surface area contributed by atoms with Crippen molar-refractivity contribution in [2.24, 2.45) is 5.41 Å². The van der Waals surface area contributed by atoms with Gasteiger partial charge in [-0.3, -0.25) is 9.80 Å². The molecule has 0 aromatic heterocycles. The Balaban J connectivity index is 1.29. The molecule has 4 fully saturated rings. The maximum atomic E-state index is 2.91. The first kappa shape index (κ1) is 15.4. The minimum atomic E-state index is 0.732. The third-order valence-corrected chi connectivity index (χ3v) is 7.38. The number of fused-ring (bicyclic) bond motifs is 2. The first-order valence-electron chi connectivity index (χ1n) is 9.73. The van der Waals surface area contributed by atoms with Gasteiger partial charge in [0, 0.05) is 43.3 Å². The van der Waals surface area contributed by atoms with E-state index in [4.69, 9.17) is 0 Å². The van der Waals surface area contributed by atoms with Gasteiger partial charge in [-0.15, -0.1) is 0 Å². The van der Waals surface area contributed by atoms with Crippen molar-refractivity contribution in [1.29, 1.82) is 0 Å². The smallest absolute Gasteiger partial charge is 0.0242 e. The summed E-state index contributed by atoms with van der Waals surface area (Å²) in [5.74, 6) is 0. The van der Waals surface area contributed by atoms with Crippen molar-refractivity contribution in [3.8, 4) is 0 Å². The van der Waals surface area contributed by atoms with Gasteiger partial charge in [0.15, 0.2) is 0 Å². The molecule has 4 rings (SSSR count). The molecule has 126 valence electrons. The van der Waals surface area contributed by atoms with Crippen molar-refractivity contribution in [2.45, 2.75) is 90.0 Å². The third-order valence-electron chi connectivity index (χ3n) is 7.38. The Labute approximate surface area is 137 Å². The molecular weight excluding hydrogens is 270 g/mol. The fourth-order valence-corrected chi connectivity index (χ4v) is 5.91. The van der Waals surface area contributed by atoms with Crippen LogP contribution in [0.1, 0.15) is 59.8 Å². The summed E-state index contributed by atoms with van der Waals surface area (Å²) in [5, 5.41) is 0. The van der Waals surface area contributed by atoms with Gasteiger partial charge in [0.25, 0.3) is 0 Å². The lowest BCUT2D eigenvalue weighted by Gasteiger charge is -2.57. The lowest BCUT2D eigenvalue weighted by Crippen LogP contribution is -2.60. The van der Waals surface area contributed by atoms with Crippen LogP contribution in [0.25, 0.3) is 0 Å². The zero-order valence-electron chi connectivity index (χ0n) is 15.1. The average Bonchev–Trinajstić information content (AvgIpc) is 3.04.